The zero-order chi connectivity index (χ0) is 19.0. The number of benzene rings is 1. The SMILES string of the molecule is Cc1nn(C)c2c1N(C(=O)CN1CCCCCC1)c1ccccc1NC2=O. The Kier molecular flexibility index (Phi) is 4.70. The molecule has 0 atom stereocenters. The van der Waals surface area contributed by atoms with Crippen molar-refractivity contribution in [3.05, 3.63) is 35.7 Å². The number of anilines is 3. The normalized spacial score (nSPS) is 17.6. The van der Waals surface area contributed by atoms with Crippen molar-refractivity contribution in [1.29, 1.82) is 0 Å². The molecule has 142 valence electrons. The molecule has 0 bridgehead atoms. The molecule has 2 amide bonds. The van der Waals surface area contributed by atoms with Gasteiger partial charge < -0.3 is 5.32 Å². The first-order valence-corrected chi connectivity index (χ1v) is 9.55. The lowest BCUT2D eigenvalue weighted by molar-refractivity contribution is -0.119. The van der Waals surface area contributed by atoms with Crippen LogP contribution < -0.4 is 10.2 Å². The summed E-state index contributed by atoms with van der Waals surface area (Å²) in [6.45, 7) is 4.07. The summed E-state index contributed by atoms with van der Waals surface area (Å²) in [5.74, 6) is -0.274. The smallest absolute Gasteiger partial charge is 0.276 e. The first kappa shape index (κ1) is 17.7. The number of nitrogens with zero attached hydrogens (tertiary/aromatic N) is 4. The van der Waals surface area contributed by atoms with Crippen molar-refractivity contribution in [2.75, 3.05) is 29.9 Å². The lowest BCUT2D eigenvalue weighted by Crippen LogP contribution is -2.39. The lowest BCUT2D eigenvalue weighted by Gasteiger charge is -2.27. The molecule has 1 aromatic heterocycles. The second kappa shape index (κ2) is 7.15. The Morgan fingerprint density at radius 2 is 1.85 bits per heavy atom. The molecule has 2 aromatic rings. The minimum absolute atomic E-state index is 0.0294. The van der Waals surface area contributed by atoms with Gasteiger partial charge in [0, 0.05) is 7.05 Å². The van der Waals surface area contributed by atoms with Crippen LogP contribution in [0.3, 0.4) is 0 Å². The van der Waals surface area contributed by atoms with Crippen LogP contribution in [0.15, 0.2) is 24.3 Å². The molecule has 2 aliphatic rings. The summed E-state index contributed by atoms with van der Waals surface area (Å²) in [4.78, 5) is 30.1. The summed E-state index contributed by atoms with van der Waals surface area (Å²) in [6.07, 6.45) is 4.70. The van der Waals surface area contributed by atoms with Crippen molar-refractivity contribution < 1.29 is 9.59 Å². The zero-order valence-corrected chi connectivity index (χ0v) is 15.9. The van der Waals surface area contributed by atoms with E-state index in [9.17, 15) is 9.59 Å². The van der Waals surface area contributed by atoms with Gasteiger partial charge in [-0.1, -0.05) is 25.0 Å². The highest BCUT2D eigenvalue weighted by atomic mass is 16.2. The highest BCUT2D eigenvalue weighted by Crippen LogP contribution is 2.39. The summed E-state index contributed by atoms with van der Waals surface area (Å²) in [7, 11) is 1.73. The highest BCUT2D eigenvalue weighted by Gasteiger charge is 2.34. The number of amides is 2. The molecule has 27 heavy (non-hydrogen) atoms. The Morgan fingerprint density at radius 3 is 2.59 bits per heavy atom. The highest BCUT2D eigenvalue weighted by molar-refractivity contribution is 6.17. The van der Waals surface area contributed by atoms with E-state index in [1.807, 2.05) is 31.2 Å². The van der Waals surface area contributed by atoms with Gasteiger partial charge in [0.15, 0.2) is 5.69 Å². The number of aromatic nitrogens is 2. The van der Waals surface area contributed by atoms with Crippen LogP contribution in [0.5, 0.6) is 0 Å². The third kappa shape index (κ3) is 3.23. The van der Waals surface area contributed by atoms with Crippen molar-refractivity contribution in [3.63, 3.8) is 0 Å². The maximum Gasteiger partial charge on any atom is 0.276 e. The van der Waals surface area contributed by atoms with Gasteiger partial charge in [-0.15, -0.1) is 0 Å². The number of hydrogen-bond donors (Lipinski definition) is 1. The molecule has 0 saturated carbocycles. The minimum atomic E-state index is -0.245. The van der Waals surface area contributed by atoms with Crippen molar-refractivity contribution in [2.45, 2.75) is 32.6 Å². The fourth-order valence-electron chi connectivity index (χ4n) is 4.06. The third-order valence-electron chi connectivity index (χ3n) is 5.33. The van der Waals surface area contributed by atoms with Crippen LogP contribution in [0.25, 0.3) is 0 Å². The molecule has 7 heteroatoms. The molecule has 1 fully saturated rings. The molecule has 2 aliphatic heterocycles. The fraction of sp³-hybridized carbons (Fsp3) is 0.450. The topological polar surface area (TPSA) is 70.5 Å². The van der Waals surface area contributed by atoms with Gasteiger partial charge in [-0.05, 0) is 45.0 Å². The van der Waals surface area contributed by atoms with Crippen LogP contribution in [0.2, 0.25) is 0 Å². The summed E-state index contributed by atoms with van der Waals surface area (Å²) >= 11 is 0. The molecule has 0 unspecified atom stereocenters. The molecule has 1 aromatic carbocycles. The van der Waals surface area contributed by atoms with Gasteiger partial charge >= 0.3 is 0 Å². The van der Waals surface area contributed by atoms with Crippen LogP contribution in [-0.2, 0) is 11.8 Å². The average Bonchev–Trinajstić information content (AvgIpc) is 2.82. The Bertz CT molecular complexity index is 880. The number of fused-ring (bicyclic) bond motifs is 2. The largest absolute Gasteiger partial charge is 0.319 e. The molecule has 7 nitrogen and oxygen atoms in total. The maximum atomic E-state index is 13.4. The number of carbonyl (C=O) groups is 2. The van der Waals surface area contributed by atoms with Gasteiger partial charge in [0.25, 0.3) is 5.91 Å². The molecule has 3 heterocycles. The monoisotopic (exact) mass is 367 g/mol. The Labute approximate surface area is 158 Å². The first-order valence-electron chi connectivity index (χ1n) is 9.55. The summed E-state index contributed by atoms with van der Waals surface area (Å²) in [5.41, 5.74) is 3.00. The van der Waals surface area contributed by atoms with E-state index < -0.39 is 0 Å². The van der Waals surface area contributed by atoms with Gasteiger partial charge in [-0.2, -0.15) is 5.10 Å². The number of nitrogens with one attached hydrogen (secondary N) is 1. The number of rotatable bonds is 2. The van der Waals surface area contributed by atoms with Crippen molar-refractivity contribution in [1.82, 2.24) is 14.7 Å². The average molecular weight is 367 g/mol. The van der Waals surface area contributed by atoms with Gasteiger partial charge in [0.05, 0.1) is 23.6 Å². The molecule has 0 radical (unpaired) electrons. The van der Waals surface area contributed by atoms with Gasteiger partial charge in [-0.3, -0.25) is 24.1 Å². The van der Waals surface area contributed by atoms with Crippen LogP contribution in [-0.4, -0.2) is 46.1 Å². The predicted molar refractivity (Wildman–Crippen MR) is 104 cm³/mol. The van der Waals surface area contributed by atoms with Crippen molar-refractivity contribution in [3.8, 4) is 0 Å². The third-order valence-corrected chi connectivity index (χ3v) is 5.33. The van der Waals surface area contributed by atoms with E-state index in [4.69, 9.17) is 0 Å². The number of aryl methyl sites for hydroxylation is 2. The lowest BCUT2D eigenvalue weighted by atomic mass is 10.2. The molecular weight excluding hydrogens is 342 g/mol. The van der Waals surface area contributed by atoms with Gasteiger partial charge in [0.2, 0.25) is 5.91 Å². The van der Waals surface area contributed by atoms with Crippen molar-refractivity contribution in [2.24, 2.45) is 7.05 Å². The first-order chi connectivity index (χ1) is 13.1. The molecular formula is C20H25N5O2. The van der Waals surface area contributed by atoms with Crippen molar-refractivity contribution >= 4 is 28.9 Å². The van der Waals surface area contributed by atoms with Crippen LogP contribution >= 0.6 is 0 Å². The second-order valence-electron chi connectivity index (χ2n) is 7.30. The number of para-hydroxylation sites is 2. The second-order valence-corrected chi connectivity index (χ2v) is 7.30. The van der Waals surface area contributed by atoms with E-state index in [-0.39, 0.29) is 11.8 Å². The predicted octanol–water partition coefficient (Wildman–Crippen LogP) is 2.83. The maximum absolute atomic E-state index is 13.4. The van der Waals surface area contributed by atoms with Crippen LogP contribution in [0.4, 0.5) is 17.1 Å². The van der Waals surface area contributed by atoms with Gasteiger partial charge in [0.1, 0.15) is 5.69 Å². The van der Waals surface area contributed by atoms with E-state index in [0.29, 0.717) is 35.0 Å². The van der Waals surface area contributed by atoms with Crippen LogP contribution in [0.1, 0.15) is 41.9 Å². The number of likely N-dealkylation sites (tertiary alicyclic amines) is 1. The fourth-order valence-corrected chi connectivity index (χ4v) is 4.06. The number of carbonyl (C=O) groups excluding carboxylic acids is 2. The quantitative estimate of drug-likeness (QED) is 0.886. The van der Waals surface area contributed by atoms with E-state index in [1.54, 1.807) is 16.6 Å². The van der Waals surface area contributed by atoms with Gasteiger partial charge in [-0.25, -0.2) is 0 Å². The minimum Gasteiger partial charge on any atom is -0.319 e. The summed E-state index contributed by atoms with van der Waals surface area (Å²) < 4.78 is 1.55. The Hall–Kier alpha value is -2.67. The summed E-state index contributed by atoms with van der Waals surface area (Å²) in [5, 5.41) is 7.32. The van der Waals surface area contributed by atoms with E-state index >= 15 is 0 Å². The zero-order valence-electron chi connectivity index (χ0n) is 15.9. The van der Waals surface area contributed by atoms with Crippen LogP contribution in [0, 0.1) is 6.92 Å². The van der Waals surface area contributed by atoms with E-state index in [0.717, 1.165) is 25.9 Å². The van der Waals surface area contributed by atoms with E-state index in [1.165, 1.54) is 12.8 Å². The standard InChI is InChI=1S/C20H25N5O2/c1-14-18-19(23(2)22-14)20(27)21-15-9-5-6-10-16(15)25(18)17(26)13-24-11-7-3-4-8-12-24/h5-6,9-10H,3-4,7-8,11-13H2,1-2H3,(H,21,27). The molecule has 1 N–H and O–H groups in total. The molecule has 0 spiro atoms. The number of hydrogen-bond acceptors (Lipinski definition) is 4. The van der Waals surface area contributed by atoms with E-state index in [2.05, 4.69) is 15.3 Å². The Balaban J connectivity index is 1.77. The Morgan fingerprint density at radius 1 is 1.15 bits per heavy atom. The molecule has 4 rings (SSSR count). The molecule has 0 aliphatic carbocycles. The molecule has 1 saturated heterocycles. The summed E-state index contributed by atoms with van der Waals surface area (Å²) in [6, 6.07) is 7.44.